The molecule has 1 aliphatic rings. The molecule has 3 rings (SSSR count). The standard InChI is InChI=1S/C17H16ClFN2O3S/c18-14-5-3-4-13(12-14)17(22)20-8-10-21(11-9-20)25(23,24)16-7-2-1-6-15(16)19/h1-7,12H,8-11H2. The van der Waals surface area contributed by atoms with Crippen LogP contribution in [0.3, 0.4) is 0 Å². The van der Waals surface area contributed by atoms with E-state index in [0.29, 0.717) is 10.6 Å². The summed E-state index contributed by atoms with van der Waals surface area (Å²) in [5.74, 6) is -0.981. The van der Waals surface area contributed by atoms with Crippen molar-refractivity contribution in [3.63, 3.8) is 0 Å². The molecule has 1 amide bonds. The molecule has 0 atom stereocenters. The fourth-order valence-corrected chi connectivity index (χ4v) is 4.41. The highest BCUT2D eigenvalue weighted by atomic mass is 35.5. The van der Waals surface area contributed by atoms with Crippen LogP contribution in [0.15, 0.2) is 53.4 Å². The highest BCUT2D eigenvalue weighted by Gasteiger charge is 2.32. The Bertz CT molecular complexity index is 896. The summed E-state index contributed by atoms with van der Waals surface area (Å²) in [6.07, 6.45) is 0. The fraction of sp³-hybridized carbons (Fsp3) is 0.235. The first-order valence-electron chi connectivity index (χ1n) is 7.69. The molecule has 0 saturated carbocycles. The number of sulfonamides is 1. The molecule has 0 N–H and O–H groups in total. The average Bonchev–Trinajstić information content (AvgIpc) is 2.61. The van der Waals surface area contributed by atoms with Crippen molar-refractivity contribution < 1.29 is 17.6 Å². The highest BCUT2D eigenvalue weighted by molar-refractivity contribution is 7.89. The van der Waals surface area contributed by atoms with Gasteiger partial charge >= 0.3 is 0 Å². The molecule has 0 spiro atoms. The average molecular weight is 383 g/mol. The lowest BCUT2D eigenvalue weighted by Crippen LogP contribution is -2.50. The van der Waals surface area contributed by atoms with Gasteiger partial charge in [0.1, 0.15) is 10.7 Å². The van der Waals surface area contributed by atoms with Crippen LogP contribution in [0.25, 0.3) is 0 Å². The van der Waals surface area contributed by atoms with Crippen LogP contribution >= 0.6 is 11.6 Å². The van der Waals surface area contributed by atoms with Gasteiger partial charge in [0.15, 0.2) is 0 Å². The number of hydrogen-bond acceptors (Lipinski definition) is 3. The van der Waals surface area contributed by atoms with E-state index >= 15 is 0 Å². The number of halogens is 2. The molecule has 1 heterocycles. The van der Waals surface area contributed by atoms with Crippen LogP contribution in [-0.4, -0.2) is 49.7 Å². The van der Waals surface area contributed by atoms with E-state index in [1.807, 2.05) is 0 Å². The van der Waals surface area contributed by atoms with Crippen LogP contribution < -0.4 is 0 Å². The van der Waals surface area contributed by atoms with Gasteiger partial charge in [-0.05, 0) is 30.3 Å². The highest BCUT2D eigenvalue weighted by Crippen LogP contribution is 2.21. The van der Waals surface area contributed by atoms with Crippen LogP contribution in [-0.2, 0) is 10.0 Å². The van der Waals surface area contributed by atoms with Gasteiger partial charge in [0.05, 0.1) is 0 Å². The van der Waals surface area contributed by atoms with Crippen LogP contribution in [0.5, 0.6) is 0 Å². The van der Waals surface area contributed by atoms with Crippen molar-refractivity contribution in [3.05, 3.63) is 64.9 Å². The molecule has 0 unspecified atom stereocenters. The Labute approximate surface area is 150 Å². The van der Waals surface area contributed by atoms with Crippen molar-refractivity contribution in [3.8, 4) is 0 Å². The second-order valence-electron chi connectivity index (χ2n) is 5.64. The summed E-state index contributed by atoms with van der Waals surface area (Å²) in [5, 5.41) is 0.464. The van der Waals surface area contributed by atoms with Gasteiger partial charge in [-0.2, -0.15) is 4.31 Å². The first kappa shape index (κ1) is 17.8. The monoisotopic (exact) mass is 382 g/mol. The Balaban J connectivity index is 1.72. The lowest BCUT2D eigenvalue weighted by molar-refractivity contribution is 0.0697. The fourth-order valence-electron chi connectivity index (χ4n) is 2.73. The number of benzene rings is 2. The zero-order valence-corrected chi connectivity index (χ0v) is 14.8. The molecule has 1 aliphatic heterocycles. The summed E-state index contributed by atoms with van der Waals surface area (Å²) < 4.78 is 40.2. The van der Waals surface area contributed by atoms with Crippen molar-refractivity contribution in [2.45, 2.75) is 4.90 Å². The number of piperazine rings is 1. The molecule has 8 heteroatoms. The van der Waals surface area contributed by atoms with E-state index in [4.69, 9.17) is 11.6 Å². The minimum absolute atomic E-state index is 0.114. The first-order chi connectivity index (χ1) is 11.9. The molecule has 0 bridgehead atoms. The number of hydrogen-bond donors (Lipinski definition) is 0. The van der Waals surface area contributed by atoms with Gasteiger partial charge in [-0.15, -0.1) is 0 Å². The Morgan fingerprint density at radius 2 is 1.68 bits per heavy atom. The number of amides is 1. The largest absolute Gasteiger partial charge is 0.336 e. The molecule has 2 aromatic rings. The van der Waals surface area contributed by atoms with Crippen LogP contribution in [0.2, 0.25) is 5.02 Å². The molecule has 0 aliphatic carbocycles. The van der Waals surface area contributed by atoms with Gasteiger partial charge in [-0.3, -0.25) is 4.79 Å². The van der Waals surface area contributed by atoms with Crippen LogP contribution in [0.1, 0.15) is 10.4 Å². The third-order valence-corrected chi connectivity index (χ3v) is 6.22. The summed E-state index contributed by atoms with van der Waals surface area (Å²) >= 11 is 5.90. The smallest absolute Gasteiger partial charge is 0.253 e. The molecule has 25 heavy (non-hydrogen) atoms. The van der Waals surface area contributed by atoms with Gasteiger partial charge in [0.25, 0.3) is 5.91 Å². The molecule has 132 valence electrons. The van der Waals surface area contributed by atoms with Crippen LogP contribution in [0.4, 0.5) is 4.39 Å². The van der Waals surface area contributed by atoms with Gasteiger partial charge in [-0.25, -0.2) is 12.8 Å². The lowest BCUT2D eigenvalue weighted by Gasteiger charge is -2.34. The quantitative estimate of drug-likeness (QED) is 0.820. The van der Waals surface area contributed by atoms with E-state index in [0.717, 1.165) is 6.07 Å². The SMILES string of the molecule is O=C(c1cccc(Cl)c1)N1CCN(S(=O)(=O)c2ccccc2F)CC1. The Morgan fingerprint density at radius 1 is 1.00 bits per heavy atom. The van der Waals surface area contributed by atoms with E-state index in [1.54, 1.807) is 29.2 Å². The maximum absolute atomic E-state index is 13.8. The zero-order chi connectivity index (χ0) is 18.0. The van der Waals surface area contributed by atoms with Crippen LogP contribution in [0, 0.1) is 5.82 Å². The Morgan fingerprint density at radius 3 is 2.32 bits per heavy atom. The predicted octanol–water partition coefficient (Wildman–Crippen LogP) is 2.63. The number of rotatable bonds is 3. The lowest BCUT2D eigenvalue weighted by atomic mass is 10.2. The molecule has 5 nitrogen and oxygen atoms in total. The molecule has 1 saturated heterocycles. The predicted molar refractivity (Wildman–Crippen MR) is 92.5 cm³/mol. The summed E-state index contributed by atoms with van der Waals surface area (Å²) in [7, 11) is -3.91. The molecular weight excluding hydrogens is 367 g/mol. The Kier molecular flexibility index (Phi) is 5.08. The van der Waals surface area contributed by atoms with Gasteiger partial charge in [0.2, 0.25) is 10.0 Å². The van der Waals surface area contributed by atoms with E-state index in [9.17, 15) is 17.6 Å². The van der Waals surface area contributed by atoms with E-state index in [-0.39, 0.29) is 37.0 Å². The number of carbonyl (C=O) groups excluding carboxylic acids is 1. The number of nitrogens with zero attached hydrogens (tertiary/aromatic N) is 2. The minimum atomic E-state index is -3.91. The van der Waals surface area contributed by atoms with E-state index < -0.39 is 15.8 Å². The Hall–Kier alpha value is -1.96. The van der Waals surface area contributed by atoms with Crippen molar-refractivity contribution in [2.24, 2.45) is 0 Å². The maximum Gasteiger partial charge on any atom is 0.253 e. The molecular formula is C17H16ClFN2O3S. The normalized spacial score (nSPS) is 16.0. The third kappa shape index (κ3) is 3.68. The molecule has 2 aromatic carbocycles. The minimum Gasteiger partial charge on any atom is -0.336 e. The number of carbonyl (C=O) groups is 1. The van der Waals surface area contributed by atoms with Gasteiger partial charge in [0, 0.05) is 36.8 Å². The van der Waals surface area contributed by atoms with E-state index in [2.05, 4.69) is 0 Å². The van der Waals surface area contributed by atoms with Gasteiger partial charge < -0.3 is 4.90 Å². The topological polar surface area (TPSA) is 57.7 Å². The molecule has 0 radical (unpaired) electrons. The first-order valence-corrected chi connectivity index (χ1v) is 9.51. The molecule has 0 aromatic heterocycles. The maximum atomic E-state index is 13.8. The van der Waals surface area contributed by atoms with Crippen molar-refractivity contribution >= 4 is 27.5 Å². The van der Waals surface area contributed by atoms with Crippen molar-refractivity contribution in [1.29, 1.82) is 0 Å². The van der Waals surface area contributed by atoms with Crippen molar-refractivity contribution in [1.82, 2.24) is 9.21 Å². The summed E-state index contributed by atoms with van der Waals surface area (Å²) in [4.78, 5) is 13.7. The van der Waals surface area contributed by atoms with Crippen molar-refractivity contribution in [2.75, 3.05) is 26.2 Å². The summed E-state index contributed by atoms with van der Waals surface area (Å²) in [5.41, 5.74) is 0.456. The zero-order valence-electron chi connectivity index (χ0n) is 13.2. The van der Waals surface area contributed by atoms with Gasteiger partial charge in [-0.1, -0.05) is 29.8 Å². The summed E-state index contributed by atoms with van der Waals surface area (Å²) in [6, 6.07) is 11.9. The second kappa shape index (κ2) is 7.11. The molecule has 1 fully saturated rings. The summed E-state index contributed by atoms with van der Waals surface area (Å²) in [6.45, 7) is 0.698. The third-order valence-electron chi connectivity index (χ3n) is 4.05. The van der Waals surface area contributed by atoms with E-state index in [1.165, 1.54) is 22.5 Å². The second-order valence-corrected chi connectivity index (χ2v) is 7.98.